The minimum absolute atomic E-state index is 0.0516. The van der Waals surface area contributed by atoms with Crippen LogP contribution in [-0.4, -0.2) is 23.8 Å². The van der Waals surface area contributed by atoms with Crippen LogP contribution in [-0.2, 0) is 6.54 Å². The second-order valence-electron chi connectivity index (χ2n) is 4.20. The maximum Gasteiger partial charge on any atom is 0.315 e. The Bertz CT molecular complexity index is 406. The highest BCUT2D eigenvalue weighted by atomic mass is 35.5. The van der Waals surface area contributed by atoms with E-state index in [1.165, 1.54) is 0 Å². The molecule has 3 N–H and O–H groups in total. The Balaban J connectivity index is 2.44. The third-order valence-electron chi connectivity index (χ3n) is 2.72. The van der Waals surface area contributed by atoms with E-state index in [4.69, 9.17) is 16.7 Å². The summed E-state index contributed by atoms with van der Waals surface area (Å²) in [4.78, 5) is 11.5. The maximum atomic E-state index is 11.5. The van der Waals surface area contributed by atoms with E-state index in [9.17, 15) is 4.79 Å². The maximum absolute atomic E-state index is 11.5. The third-order valence-corrected chi connectivity index (χ3v) is 3.15. The number of rotatable bonds is 5. The lowest BCUT2D eigenvalue weighted by atomic mass is 10.1. The molecule has 0 unspecified atom stereocenters. The molecule has 0 aliphatic heterocycles. The van der Waals surface area contributed by atoms with Crippen molar-refractivity contribution >= 4 is 17.6 Å². The fourth-order valence-electron chi connectivity index (χ4n) is 1.51. The summed E-state index contributed by atoms with van der Waals surface area (Å²) in [6.45, 7) is 4.21. The number of carbonyl (C=O) groups is 1. The summed E-state index contributed by atoms with van der Waals surface area (Å²) in [5.74, 6) is 0. The summed E-state index contributed by atoms with van der Waals surface area (Å²) in [6, 6.07) is 5.15. The lowest BCUT2D eigenvalue weighted by Gasteiger charge is -2.14. The molecule has 0 aliphatic carbocycles. The lowest BCUT2D eigenvalue weighted by Crippen LogP contribution is -2.43. The number of nitrogens with one attached hydrogen (secondary N) is 2. The molecule has 0 aliphatic rings. The number of urea groups is 1. The summed E-state index contributed by atoms with van der Waals surface area (Å²) in [5.41, 5.74) is 1.97. The van der Waals surface area contributed by atoms with Crippen LogP contribution in [0.15, 0.2) is 18.2 Å². The Morgan fingerprint density at radius 1 is 1.50 bits per heavy atom. The van der Waals surface area contributed by atoms with Gasteiger partial charge in [0.15, 0.2) is 0 Å². The van der Waals surface area contributed by atoms with E-state index in [0.717, 1.165) is 16.1 Å². The van der Waals surface area contributed by atoms with E-state index >= 15 is 0 Å². The topological polar surface area (TPSA) is 61.4 Å². The summed E-state index contributed by atoms with van der Waals surface area (Å²) in [7, 11) is 0. The molecule has 5 heteroatoms. The number of hydrogen-bond donors (Lipinski definition) is 3. The van der Waals surface area contributed by atoms with Crippen molar-refractivity contribution in [3.63, 3.8) is 0 Å². The molecule has 1 aromatic carbocycles. The molecule has 0 aromatic heterocycles. The first-order chi connectivity index (χ1) is 8.56. The van der Waals surface area contributed by atoms with Gasteiger partial charge in [0.05, 0.1) is 12.6 Å². The summed E-state index contributed by atoms with van der Waals surface area (Å²) >= 11 is 5.92. The molecule has 2 amide bonds. The Morgan fingerprint density at radius 2 is 2.22 bits per heavy atom. The number of benzene rings is 1. The molecule has 4 nitrogen and oxygen atoms in total. The van der Waals surface area contributed by atoms with Gasteiger partial charge in [-0.15, -0.1) is 0 Å². The molecule has 0 heterocycles. The van der Waals surface area contributed by atoms with Crippen LogP contribution in [0.5, 0.6) is 0 Å². The van der Waals surface area contributed by atoms with Gasteiger partial charge in [-0.25, -0.2) is 4.79 Å². The number of aliphatic hydroxyl groups excluding tert-OH is 1. The molecule has 18 heavy (non-hydrogen) atoms. The fourth-order valence-corrected chi connectivity index (χ4v) is 1.63. The largest absolute Gasteiger partial charge is 0.394 e. The number of carbonyl (C=O) groups excluding carboxylic acids is 1. The molecule has 0 fully saturated rings. The van der Waals surface area contributed by atoms with Crippen LogP contribution in [0.25, 0.3) is 0 Å². The van der Waals surface area contributed by atoms with Crippen molar-refractivity contribution in [2.75, 3.05) is 6.61 Å². The van der Waals surface area contributed by atoms with Crippen LogP contribution in [0.4, 0.5) is 4.79 Å². The van der Waals surface area contributed by atoms with Crippen molar-refractivity contribution in [3.05, 3.63) is 34.3 Å². The monoisotopic (exact) mass is 270 g/mol. The zero-order chi connectivity index (χ0) is 13.5. The Morgan fingerprint density at radius 3 is 2.78 bits per heavy atom. The molecule has 0 saturated carbocycles. The number of aryl methyl sites for hydroxylation is 1. The predicted octanol–water partition coefficient (Wildman–Crippen LogP) is 2.22. The highest BCUT2D eigenvalue weighted by Crippen LogP contribution is 2.15. The van der Waals surface area contributed by atoms with Crippen molar-refractivity contribution in [1.82, 2.24) is 10.6 Å². The fraction of sp³-hybridized carbons (Fsp3) is 0.462. The Kier molecular flexibility index (Phi) is 5.95. The van der Waals surface area contributed by atoms with Crippen molar-refractivity contribution < 1.29 is 9.90 Å². The van der Waals surface area contributed by atoms with Crippen LogP contribution in [0.1, 0.15) is 24.5 Å². The van der Waals surface area contributed by atoms with Crippen molar-refractivity contribution in [1.29, 1.82) is 0 Å². The number of halogens is 1. The normalized spacial score (nSPS) is 12.0. The zero-order valence-electron chi connectivity index (χ0n) is 10.7. The van der Waals surface area contributed by atoms with E-state index in [0.29, 0.717) is 13.0 Å². The SMILES string of the molecule is CC[C@H](CO)NC(=O)NCc1ccc(Cl)c(C)c1. The van der Waals surface area contributed by atoms with Gasteiger partial charge in [-0.2, -0.15) is 0 Å². The molecule has 1 rings (SSSR count). The zero-order valence-corrected chi connectivity index (χ0v) is 11.4. The average molecular weight is 271 g/mol. The van der Waals surface area contributed by atoms with Gasteiger partial charge in [-0.05, 0) is 30.5 Å². The molecular weight excluding hydrogens is 252 g/mol. The van der Waals surface area contributed by atoms with E-state index in [1.54, 1.807) is 0 Å². The minimum atomic E-state index is -0.275. The smallest absolute Gasteiger partial charge is 0.315 e. The van der Waals surface area contributed by atoms with Gasteiger partial charge >= 0.3 is 6.03 Å². The minimum Gasteiger partial charge on any atom is -0.394 e. The quantitative estimate of drug-likeness (QED) is 0.768. The molecule has 0 saturated heterocycles. The summed E-state index contributed by atoms with van der Waals surface area (Å²) in [5, 5.41) is 15.1. The molecular formula is C13H19ClN2O2. The van der Waals surface area contributed by atoms with Gasteiger partial charge in [0.2, 0.25) is 0 Å². The van der Waals surface area contributed by atoms with Gasteiger partial charge in [-0.3, -0.25) is 0 Å². The molecule has 1 atom stereocenters. The first kappa shape index (κ1) is 14.8. The van der Waals surface area contributed by atoms with E-state index in [-0.39, 0.29) is 18.7 Å². The number of amides is 2. The third kappa shape index (κ3) is 4.55. The lowest BCUT2D eigenvalue weighted by molar-refractivity contribution is 0.214. The number of hydrogen-bond acceptors (Lipinski definition) is 2. The van der Waals surface area contributed by atoms with E-state index in [2.05, 4.69) is 10.6 Å². The van der Waals surface area contributed by atoms with E-state index < -0.39 is 0 Å². The van der Waals surface area contributed by atoms with Crippen LogP contribution in [0, 0.1) is 6.92 Å². The van der Waals surface area contributed by atoms with Crippen molar-refractivity contribution in [3.8, 4) is 0 Å². The predicted molar refractivity (Wildman–Crippen MR) is 72.7 cm³/mol. The second-order valence-corrected chi connectivity index (χ2v) is 4.61. The van der Waals surface area contributed by atoms with Gasteiger partial charge in [-0.1, -0.05) is 30.7 Å². The Labute approximate surface area is 112 Å². The Hall–Kier alpha value is -1.26. The molecule has 100 valence electrons. The summed E-state index contributed by atoms with van der Waals surface area (Å²) < 4.78 is 0. The highest BCUT2D eigenvalue weighted by molar-refractivity contribution is 6.31. The van der Waals surface area contributed by atoms with E-state index in [1.807, 2.05) is 32.0 Å². The molecule has 0 spiro atoms. The van der Waals surface area contributed by atoms with Crippen LogP contribution >= 0.6 is 11.6 Å². The molecule has 0 radical (unpaired) electrons. The second kappa shape index (κ2) is 7.24. The summed E-state index contributed by atoms with van der Waals surface area (Å²) in [6.07, 6.45) is 0.698. The standard InChI is InChI=1S/C13H19ClN2O2/c1-3-11(8-17)16-13(18)15-7-10-4-5-12(14)9(2)6-10/h4-6,11,17H,3,7-8H2,1-2H3,(H2,15,16,18)/t11-/m1/s1. The van der Waals surface area contributed by atoms with Crippen LogP contribution < -0.4 is 10.6 Å². The number of aliphatic hydroxyl groups is 1. The van der Waals surface area contributed by atoms with Gasteiger partial charge in [0.25, 0.3) is 0 Å². The average Bonchev–Trinajstić information content (AvgIpc) is 2.37. The molecule has 0 bridgehead atoms. The highest BCUT2D eigenvalue weighted by Gasteiger charge is 2.08. The van der Waals surface area contributed by atoms with Crippen LogP contribution in [0.3, 0.4) is 0 Å². The van der Waals surface area contributed by atoms with Gasteiger partial charge in [0, 0.05) is 11.6 Å². The van der Waals surface area contributed by atoms with Crippen molar-refractivity contribution in [2.24, 2.45) is 0 Å². The van der Waals surface area contributed by atoms with Crippen LogP contribution in [0.2, 0.25) is 5.02 Å². The first-order valence-corrected chi connectivity index (χ1v) is 6.34. The van der Waals surface area contributed by atoms with Gasteiger partial charge in [0.1, 0.15) is 0 Å². The first-order valence-electron chi connectivity index (χ1n) is 5.97. The van der Waals surface area contributed by atoms with Crippen molar-refractivity contribution in [2.45, 2.75) is 32.9 Å². The molecule has 1 aromatic rings. The van der Waals surface area contributed by atoms with Gasteiger partial charge < -0.3 is 15.7 Å².